The van der Waals surface area contributed by atoms with Gasteiger partial charge in [-0.05, 0) is 90.7 Å². The van der Waals surface area contributed by atoms with Crippen molar-refractivity contribution in [1.29, 1.82) is 0 Å². The number of nitrogens with zero attached hydrogens (tertiary/aromatic N) is 1. The van der Waals surface area contributed by atoms with E-state index in [0.717, 1.165) is 37.9 Å². The standard InChI is InChI=1S/C32H48FN3O4Si/c1-21(2)9-7-10-22(3)14-17-36-27-13-12-25(35-30(38)24-11-8-16-34-20-24)19-26(27)32(31(36)39)23(4)29(41(5,6)33)28(40-32)15-18-37/h9,12-14,19,23-24,28-29,34,37H,7-8,10-11,15-18,20H2,1-6H3,(H,35,38)/b22-14+/t23-,24?,28+,29-,32+/m0/s1. The number of hydrogen-bond donors (Lipinski definition) is 3. The molecular formula is C32H48FN3O4Si. The molecule has 226 valence electrons. The molecule has 4 rings (SSSR count). The van der Waals surface area contributed by atoms with Gasteiger partial charge in [0.2, 0.25) is 14.3 Å². The number of halogens is 1. The maximum absolute atomic E-state index is 15.8. The average molecular weight is 586 g/mol. The van der Waals surface area contributed by atoms with E-state index in [2.05, 4.69) is 43.6 Å². The third-order valence-corrected chi connectivity index (χ3v) is 11.5. The molecule has 5 atom stereocenters. The van der Waals surface area contributed by atoms with Crippen molar-refractivity contribution in [3.63, 3.8) is 0 Å². The zero-order valence-corrected chi connectivity index (χ0v) is 26.6. The molecule has 1 aromatic rings. The Morgan fingerprint density at radius 3 is 2.68 bits per heavy atom. The van der Waals surface area contributed by atoms with Crippen molar-refractivity contribution in [3.8, 4) is 0 Å². The zero-order valence-electron chi connectivity index (χ0n) is 25.6. The molecule has 2 fully saturated rings. The highest BCUT2D eigenvalue weighted by atomic mass is 28.4. The van der Waals surface area contributed by atoms with Gasteiger partial charge in [-0.3, -0.25) is 9.59 Å². The fraction of sp³-hybridized carbons (Fsp3) is 0.625. The smallest absolute Gasteiger partial charge is 0.264 e. The van der Waals surface area contributed by atoms with Crippen molar-refractivity contribution in [2.75, 3.05) is 36.5 Å². The lowest BCUT2D eigenvalue weighted by molar-refractivity contribution is -0.146. The van der Waals surface area contributed by atoms with Gasteiger partial charge in [0.1, 0.15) is 0 Å². The number of nitrogens with one attached hydrogen (secondary N) is 2. The number of amides is 2. The number of aliphatic hydroxyl groups is 1. The van der Waals surface area contributed by atoms with Crippen LogP contribution in [0.5, 0.6) is 0 Å². The SMILES string of the molecule is CC(C)=CCC/C(C)=C/CN1C(=O)[C@]2(O[C@H](CCO)[C@@H]([Si](C)(C)F)[C@@H]2C)c2cc(NC(=O)C3CCCNC3)ccc21. The van der Waals surface area contributed by atoms with Gasteiger partial charge in [0.05, 0.1) is 17.7 Å². The molecule has 2 saturated heterocycles. The van der Waals surface area contributed by atoms with E-state index in [1.807, 2.05) is 25.1 Å². The largest absolute Gasteiger partial charge is 0.396 e. The maximum atomic E-state index is 15.8. The molecule has 0 saturated carbocycles. The Balaban J connectivity index is 1.71. The Morgan fingerprint density at radius 1 is 1.29 bits per heavy atom. The molecule has 1 aromatic carbocycles. The first kappa shape index (κ1) is 31.6. The highest BCUT2D eigenvalue weighted by Crippen LogP contribution is 2.60. The van der Waals surface area contributed by atoms with Gasteiger partial charge < -0.3 is 29.5 Å². The molecule has 1 unspecified atom stereocenters. The lowest BCUT2D eigenvalue weighted by Gasteiger charge is -2.31. The van der Waals surface area contributed by atoms with Gasteiger partial charge in [0.25, 0.3) is 5.91 Å². The highest BCUT2D eigenvalue weighted by Gasteiger charge is 2.66. The lowest BCUT2D eigenvalue weighted by atomic mass is 9.82. The highest BCUT2D eigenvalue weighted by molar-refractivity contribution is 6.72. The molecular weight excluding hydrogens is 537 g/mol. The number of ether oxygens (including phenoxy) is 1. The van der Waals surface area contributed by atoms with Gasteiger partial charge in [-0.15, -0.1) is 0 Å². The minimum absolute atomic E-state index is 0.0453. The summed E-state index contributed by atoms with van der Waals surface area (Å²) in [4.78, 5) is 29.2. The molecule has 9 heteroatoms. The summed E-state index contributed by atoms with van der Waals surface area (Å²) in [6.07, 6.45) is 7.64. The molecule has 1 spiro atoms. The average Bonchev–Trinajstić information content (AvgIpc) is 3.34. The van der Waals surface area contributed by atoms with Gasteiger partial charge in [0, 0.05) is 42.4 Å². The zero-order chi connectivity index (χ0) is 29.9. The summed E-state index contributed by atoms with van der Waals surface area (Å²) in [5.74, 6) is -0.784. The van der Waals surface area contributed by atoms with Crippen molar-refractivity contribution in [3.05, 3.63) is 47.1 Å². The van der Waals surface area contributed by atoms with E-state index >= 15 is 4.11 Å². The van der Waals surface area contributed by atoms with Crippen molar-refractivity contribution in [2.45, 2.75) is 90.1 Å². The molecule has 3 aliphatic heterocycles. The summed E-state index contributed by atoms with van der Waals surface area (Å²) < 4.78 is 22.5. The summed E-state index contributed by atoms with van der Waals surface area (Å²) in [7, 11) is -3.28. The third kappa shape index (κ3) is 6.53. The molecule has 3 N–H and O–H groups in total. The fourth-order valence-corrected chi connectivity index (χ4v) is 9.50. The number of hydrogen-bond acceptors (Lipinski definition) is 5. The minimum Gasteiger partial charge on any atom is -0.396 e. The molecule has 0 bridgehead atoms. The first-order valence-corrected chi connectivity index (χ1v) is 18.1. The van der Waals surface area contributed by atoms with Gasteiger partial charge >= 0.3 is 0 Å². The fourth-order valence-electron chi connectivity index (χ4n) is 6.96. The van der Waals surface area contributed by atoms with Crippen molar-refractivity contribution >= 4 is 31.6 Å². The number of rotatable bonds is 10. The van der Waals surface area contributed by atoms with Gasteiger partial charge in [0.15, 0.2) is 5.60 Å². The van der Waals surface area contributed by atoms with Gasteiger partial charge in [-0.25, -0.2) is 0 Å². The monoisotopic (exact) mass is 585 g/mol. The Kier molecular flexibility index (Phi) is 9.94. The molecule has 41 heavy (non-hydrogen) atoms. The molecule has 2 amide bonds. The molecule has 3 heterocycles. The molecule has 0 aromatic heterocycles. The van der Waals surface area contributed by atoms with E-state index in [4.69, 9.17) is 4.74 Å². The van der Waals surface area contributed by atoms with Crippen molar-refractivity contribution in [1.82, 2.24) is 5.32 Å². The number of benzene rings is 1. The van der Waals surface area contributed by atoms with E-state index in [1.54, 1.807) is 18.0 Å². The van der Waals surface area contributed by atoms with E-state index in [9.17, 15) is 14.7 Å². The second-order valence-electron chi connectivity index (χ2n) is 12.8. The number of piperidine rings is 1. The number of anilines is 2. The van der Waals surface area contributed by atoms with Crippen LogP contribution in [0.4, 0.5) is 15.5 Å². The number of carbonyl (C=O) groups excluding carboxylic acids is 2. The lowest BCUT2D eigenvalue weighted by Crippen LogP contribution is -2.45. The van der Waals surface area contributed by atoms with E-state index in [1.165, 1.54) is 11.1 Å². The van der Waals surface area contributed by atoms with E-state index in [0.29, 0.717) is 24.3 Å². The van der Waals surface area contributed by atoms with Gasteiger partial charge in [-0.1, -0.05) is 30.2 Å². The number of carbonyl (C=O) groups is 2. The third-order valence-electron chi connectivity index (χ3n) is 9.02. The summed E-state index contributed by atoms with van der Waals surface area (Å²) >= 11 is 0. The Morgan fingerprint density at radius 2 is 2.05 bits per heavy atom. The van der Waals surface area contributed by atoms with Crippen LogP contribution in [-0.4, -0.2) is 57.7 Å². The second kappa shape index (κ2) is 12.9. The molecule has 3 aliphatic rings. The van der Waals surface area contributed by atoms with Crippen LogP contribution in [0.15, 0.2) is 41.5 Å². The molecule has 0 aliphatic carbocycles. The Bertz CT molecular complexity index is 1190. The molecule has 0 radical (unpaired) electrons. The summed E-state index contributed by atoms with van der Waals surface area (Å²) in [5, 5.41) is 16.2. The van der Waals surface area contributed by atoms with Crippen LogP contribution in [0.25, 0.3) is 0 Å². The normalized spacial score (nSPS) is 28.2. The Labute approximate surface area is 245 Å². The van der Waals surface area contributed by atoms with Crippen LogP contribution in [0.2, 0.25) is 18.6 Å². The predicted molar refractivity (Wildman–Crippen MR) is 165 cm³/mol. The molecule has 7 nitrogen and oxygen atoms in total. The van der Waals surface area contributed by atoms with Crippen LogP contribution in [0.1, 0.15) is 65.4 Å². The van der Waals surface area contributed by atoms with Gasteiger partial charge in [-0.2, -0.15) is 0 Å². The summed E-state index contributed by atoms with van der Waals surface area (Å²) in [6, 6.07) is 5.58. The number of allylic oxidation sites excluding steroid dienone is 3. The van der Waals surface area contributed by atoms with Crippen LogP contribution in [-0.2, 0) is 19.9 Å². The number of fused-ring (bicyclic) bond motifs is 2. The maximum Gasteiger partial charge on any atom is 0.264 e. The summed E-state index contributed by atoms with van der Waals surface area (Å²) in [6.45, 7) is 13.3. The van der Waals surface area contributed by atoms with Crippen molar-refractivity contribution in [2.24, 2.45) is 11.8 Å². The van der Waals surface area contributed by atoms with E-state index in [-0.39, 0.29) is 30.8 Å². The van der Waals surface area contributed by atoms with Crippen LogP contribution in [0, 0.1) is 11.8 Å². The second-order valence-corrected chi connectivity index (χ2v) is 16.6. The van der Waals surface area contributed by atoms with Crippen molar-refractivity contribution < 1.29 is 23.5 Å². The Hall–Kier alpha value is -2.33. The first-order valence-electron chi connectivity index (χ1n) is 15.1. The predicted octanol–water partition coefficient (Wildman–Crippen LogP) is 5.82. The van der Waals surface area contributed by atoms with Crippen LogP contribution >= 0.6 is 0 Å². The summed E-state index contributed by atoms with van der Waals surface area (Å²) in [5.41, 5.74) is 2.66. The quantitative estimate of drug-likeness (QED) is 0.183. The number of aliphatic hydroxyl groups excluding tert-OH is 1. The topological polar surface area (TPSA) is 90.9 Å². The van der Waals surface area contributed by atoms with Crippen LogP contribution < -0.4 is 15.5 Å². The van der Waals surface area contributed by atoms with Crippen LogP contribution in [0.3, 0.4) is 0 Å². The van der Waals surface area contributed by atoms with E-state index < -0.39 is 31.6 Å². The first-order chi connectivity index (χ1) is 19.4. The minimum atomic E-state index is -3.28.